The molecule has 0 spiro atoms. The predicted molar refractivity (Wildman–Crippen MR) is 47.2 cm³/mol. The first-order valence-corrected chi connectivity index (χ1v) is 4.83. The first-order chi connectivity index (χ1) is 6.24. The van der Waals surface area contributed by atoms with Gasteiger partial charge in [-0.2, -0.15) is 0 Å². The van der Waals surface area contributed by atoms with E-state index in [-0.39, 0.29) is 6.10 Å². The van der Waals surface area contributed by atoms with Crippen LogP contribution in [0.25, 0.3) is 0 Å². The van der Waals surface area contributed by atoms with Crippen molar-refractivity contribution in [2.24, 2.45) is 0 Å². The van der Waals surface area contributed by atoms with Gasteiger partial charge in [-0.15, -0.1) is 0 Å². The first-order valence-electron chi connectivity index (χ1n) is 4.83. The lowest BCUT2D eigenvalue weighted by Gasteiger charge is -2.09. The van der Waals surface area contributed by atoms with E-state index in [0.717, 1.165) is 19.4 Å². The molecule has 78 valence electrons. The van der Waals surface area contributed by atoms with E-state index in [1.54, 1.807) is 0 Å². The van der Waals surface area contributed by atoms with Gasteiger partial charge in [-0.1, -0.05) is 13.3 Å². The lowest BCUT2D eigenvalue weighted by Crippen LogP contribution is -2.19. The fourth-order valence-electron chi connectivity index (χ4n) is 1.30. The van der Waals surface area contributed by atoms with Crippen molar-refractivity contribution in [3.05, 3.63) is 0 Å². The van der Waals surface area contributed by atoms with Crippen molar-refractivity contribution in [1.29, 1.82) is 0 Å². The van der Waals surface area contributed by atoms with E-state index in [0.29, 0.717) is 13.0 Å². The van der Waals surface area contributed by atoms with Crippen LogP contribution >= 0.6 is 0 Å². The van der Waals surface area contributed by atoms with E-state index in [2.05, 4.69) is 6.92 Å². The molecule has 4 nitrogen and oxygen atoms in total. The molecule has 0 amide bonds. The maximum absolute atomic E-state index is 9.14. The van der Waals surface area contributed by atoms with Crippen molar-refractivity contribution >= 4 is 0 Å². The average Bonchev–Trinajstić information content (AvgIpc) is 2.41. The molecule has 0 saturated carbocycles. The number of rotatable bonds is 5. The van der Waals surface area contributed by atoms with Gasteiger partial charge in [0.25, 0.3) is 0 Å². The summed E-state index contributed by atoms with van der Waals surface area (Å²) in [5.74, 6) is 0. The molecule has 3 atom stereocenters. The van der Waals surface area contributed by atoms with Gasteiger partial charge in [0.1, 0.15) is 6.10 Å². The fraction of sp³-hybridized carbons (Fsp3) is 1.00. The highest BCUT2D eigenvalue weighted by molar-refractivity contribution is 4.75. The summed E-state index contributed by atoms with van der Waals surface area (Å²) in [7, 11) is 0. The summed E-state index contributed by atoms with van der Waals surface area (Å²) in [6, 6.07) is 0. The Morgan fingerprint density at radius 1 is 1.46 bits per heavy atom. The van der Waals surface area contributed by atoms with Gasteiger partial charge in [0.05, 0.1) is 12.7 Å². The summed E-state index contributed by atoms with van der Waals surface area (Å²) >= 11 is 0. The summed E-state index contributed by atoms with van der Waals surface area (Å²) in [5.41, 5.74) is 0. The first kappa shape index (κ1) is 10.9. The molecule has 4 heteroatoms. The SMILES string of the molecule is CCCCOC[C@@H]1C[C@@H](O)C(O)O1. The van der Waals surface area contributed by atoms with Crippen molar-refractivity contribution < 1.29 is 19.7 Å². The Bertz CT molecular complexity index is 130. The number of aliphatic hydroxyl groups is 2. The normalized spacial score (nSPS) is 33.9. The maximum Gasteiger partial charge on any atom is 0.181 e. The Balaban J connectivity index is 2.03. The smallest absolute Gasteiger partial charge is 0.181 e. The molecule has 0 aromatic heterocycles. The summed E-state index contributed by atoms with van der Waals surface area (Å²) in [6.07, 6.45) is 0.684. The number of hydrogen-bond acceptors (Lipinski definition) is 4. The Hall–Kier alpha value is -0.160. The number of aliphatic hydroxyl groups excluding tert-OH is 2. The highest BCUT2D eigenvalue weighted by atomic mass is 16.6. The lowest BCUT2D eigenvalue weighted by atomic mass is 10.2. The van der Waals surface area contributed by atoms with Crippen molar-refractivity contribution in [1.82, 2.24) is 0 Å². The van der Waals surface area contributed by atoms with Crippen LogP contribution in [0.1, 0.15) is 26.2 Å². The molecule has 1 fully saturated rings. The van der Waals surface area contributed by atoms with Crippen LogP contribution in [0.2, 0.25) is 0 Å². The van der Waals surface area contributed by atoms with E-state index in [1.807, 2.05) is 0 Å². The number of ether oxygens (including phenoxy) is 2. The minimum Gasteiger partial charge on any atom is -0.388 e. The highest BCUT2D eigenvalue weighted by Gasteiger charge is 2.32. The quantitative estimate of drug-likeness (QED) is 0.611. The molecule has 1 aliphatic heterocycles. The van der Waals surface area contributed by atoms with Crippen LogP contribution in [0.4, 0.5) is 0 Å². The third-order valence-corrected chi connectivity index (χ3v) is 2.11. The largest absolute Gasteiger partial charge is 0.388 e. The van der Waals surface area contributed by atoms with Crippen LogP contribution in [0.3, 0.4) is 0 Å². The third-order valence-electron chi connectivity index (χ3n) is 2.11. The minimum atomic E-state index is -1.03. The maximum atomic E-state index is 9.14. The molecule has 0 aromatic rings. The molecular weight excluding hydrogens is 172 g/mol. The van der Waals surface area contributed by atoms with E-state index in [1.165, 1.54) is 0 Å². The van der Waals surface area contributed by atoms with Gasteiger partial charge in [0.15, 0.2) is 6.29 Å². The van der Waals surface area contributed by atoms with Gasteiger partial charge in [-0.25, -0.2) is 0 Å². The van der Waals surface area contributed by atoms with Crippen LogP contribution in [-0.4, -0.2) is 41.9 Å². The second-order valence-corrected chi connectivity index (χ2v) is 3.38. The average molecular weight is 190 g/mol. The summed E-state index contributed by atoms with van der Waals surface area (Å²) in [4.78, 5) is 0. The molecule has 1 unspecified atom stereocenters. The van der Waals surface area contributed by atoms with Crippen LogP contribution in [0.15, 0.2) is 0 Å². The molecule has 0 aliphatic carbocycles. The molecule has 1 saturated heterocycles. The Kier molecular flexibility index (Phi) is 4.66. The number of unbranched alkanes of at least 4 members (excludes halogenated alkanes) is 1. The fourth-order valence-corrected chi connectivity index (χ4v) is 1.30. The Morgan fingerprint density at radius 3 is 2.77 bits per heavy atom. The molecule has 0 bridgehead atoms. The standard InChI is InChI=1S/C9H18O4/c1-2-3-4-12-6-7-5-8(10)9(11)13-7/h7-11H,2-6H2,1H3/t7-,8+,9?/m0/s1. The molecule has 1 rings (SSSR count). The van der Waals surface area contributed by atoms with Gasteiger partial charge < -0.3 is 19.7 Å². The second kappa shape index (κ2) is 5.54. The minimum absolute atomic E-state index is 0.151. The third kappa shape index (κ3) is 3.60. The summed E-state index contributed by atoms with van der Waals surface area (Å²) < 4.78 is 10.3. The number of hydrogen-bond donors (Lipinski definition) is 2. The zero-order valence-electron chi connectivity index (χ0n) is 7.98. The van der Waals surface area contributed by atoms with Crippen LogP contribution in [-0.2, 0) is 9.47 Å². The molecule has 0 radical (unpaired) electrons. The van der Waals surface area contributed by atoms with Gasteiger partial charge in [0, 0.05) is 13.0 Å². The zero-order valence-corrected chi connectivity index (χ0v) is 7.98. The van der Waals surface area contributed by atoms with Crippen molar-refractivity contribution in [2.45, 2.75) is 44.7 Å². The van der Waals surface area contributed by atoms with E-state index >= 15 is 0 Å². The molecule has 1 heterocycles. The van der Waals surface area contributed by atoms with Gasteiger partial charge in [0.2, 0.25) is 0 Å². The van der Waals surface area contributed by atoms with Crippen LogP contribution in [0, 0.1) is 0 Å². The van der Waals surface area contributed by atoms with Crippen LogP contribution in [0.5, 0.6) is 0 Å². The molecule has 1 aliphatic rings. The van der Waals surface area contributed by atoms with Crippen molar-refractivity contribution in [3.63, 3.8) is 0 Å². The summed E-state index contributed by atoms with van der Waals surface area (Å²) in [6.45, 7) is 3.29. The lowest BCUT2D eigenvalue weighted by molar-refractivity contribution is -0.136. The molecule has 13 heavy (non-hydrogen) atoms. The summed E-state index contributed by atoms with van der Waals surface area (Å²) in [5, 5.41) is 18.2. The Labute approximate surface area is 78.5 Å². The Morgan fingerprint density at radius 2 is 2.23 bits per heavy atom. The molecular formula is C9H18O4. The van der Waals surface area contributed by atoms with E-state index in [4.69, 9.17) is 19.7 Å². The highest BCUT2D eigenvalue weighted by Crippen LogP contribution is 2.18. The monoisotopic (exact) mass is 190 g/mol. The van der Waals surface area contributed by atoms with Gasteiger partial charge >= 0.3 is 0 Å². The topological polar surface area (TPSA) is 58.9 Å². The molecule has 0 aromatic carbocycles. The van der Waals surface area contributed by atoms with Crippen molar-refractivity contribution in [2.75, 3.05) is 13.2 Å². The van der Waals surface area contributed by atoms with Gasteiger partial charge in [-0.3, -0.25) is 0 Å². The zero-order chi connectivity index (χ0) is 9.68. The molecule has 2 N–H and O–H groups in total. The predicted octanol–water partition coefficient (Wildman–Crippen LogP) is 0.271. The van der Waals surface area contributed by atoms with E-state index in [9.17, 15) is 0 Å². The van der Waals surface area contributed by atoms with Gasteiger partial charge in [-0.05, 0) is 6.42 Å². The van der Waals surface area contributed by atoms with E-state index < -0.39 is 12.4 Å². The van der Waals surface area contributed by atoms with Crippen molar-refractivity contribution in [3.8, 4) is 0 Å². The second-order valence-electron chi connectivity index (χ2n) is 3.38. The van der Waals surface area contributed by atoms with Crippen LogP contribution < -0.4 is 0 Å².